The average molecular weight is 402 g/mol. The van der Waals surface area contributed by atoms with Gasteiger partial charge in [0.2, 0.25) is 10.0 Å². The number of halogens is 3. The van der Waals surface area contributed by atoms with Crippen LogP contribution < -0.4 is 9.46 Å². The summed E-state index contributed by atoms with van der Waals surface area (Å²) in [5.41, 5.74) is 1.76. The molecule has 0 amide bonds. The topological polar surface area (TPSA) is 58.6 Å². The Labute approximate surface area is 156 Å². The third kappa shape index (κ3) is 6.23. The van der Waals surface area contributed by atoms with Gasteiger partial charge in [-0.15, -0.1) is 13.2 Å². The van der Waals surface area contributed by atoms with Crippen molar-refractivity contribution in [3.63, 3.8) is 0 Å². The zero-order valence-electron chi connectivity index (χ0n) is 15.1. The number of aryl methyl sites for hydroxylation is 1. The van der Waals surface area contributed by atoms with E-state index in [1.54, 1.807) is 0 Å². The third-order valence-corrected chi connectivity index (χ3v) is 5.26. The lowest BCUT2D eigenvalue weighted by molar-refractivity contribution is -0.274. The van der Waals surface area contributed by atoms with E-state index in [9.17, 15) is 21.6 Å². The highest BCUT2D eigenvalue weighted by molar-refractivity contribution is 7.89. The summed E-state index contributed by atoms with van der Waals surface area (Å²) in [7, 11) is -0.299. The molecule has 2 rings (SSSR count). The van der Waals surface area contributed by atoms with Crippen LogP contribution in [0.15, 0.2) is 53.4 Å². The van der Waals surface area contributed by atoms with E-state index < -0.39 is 28.2 Å². The summed E-state index contributed by atoms with van der Waals surface area (Å²) in [4.78, 5) is 1.70. The van der Waals surface area contributed by atoms with Gasteiger partial charge in [-0.3, -0.25) is 0 Å². The second-order valence-electron chi connectivity index (χ2n) is 6.31. The second-order valence-corrected chi connectivity index (χ2v) is 8.03. The molecular formula is C18H21F3N2O3S. The molecular weight excluding hydrogens is 381 g/mol. The fourth-order valence-corrected chi connectivity index (χ4v) is 3.82. The molecule has 0 bridgehead atoms. The first-order chi connectivity index (χ1) is 12.5. The number of benzene rings is 2. The van der Waals surface area contributed by atoms with Gasteiger partial charge in [-0.05, 0) is 56.4 Å². The highest BCUT2D eigenvalue weighted by atomic mass is 32.2. The Balaban J connectivity index is 2.27. The highest BCUT2D eigenvalue weighted by Crippen LogP contribution is 2.25. The minimum Gasteiger partial charge on any atom is -0.406 e. The maximum absolute atomic E-state index is 12.7. The Bertz CT molecular complexity index is 866. The van der Waals surface area contributed by atoms with Crippen molar-refractivity contribution in [2.75, 3.05) is 20.6 Å². The van der Waals surface area contributed by atoms with Crippen LogP contribution in [0.3, 0.4) is 0 Å². The summed E-state index contributed by atoms with van der Waals surface area (Å²) in [5.74, 6) is -0.481. The van der Waals surface area contributed by atoms with Crippen LogP contribution in [-0.4, -0.2) is 40.3 Å². The van der Waals surface area contributed by atoms with Gasteiger partial charge in [-0.1, -0.05) is 24.3 Å². The summed E-state index contributed by atoms with van der Waals surface area (Å²) in [6.07, 6.45) is -4.83. The number of alkyl halides is 3. The van der Waals surface area contributed by atoms with Crippen LogP contribution >= 0.6 is 0 Å². The van der Waals surface area contributed by atoms with Gasteiger partial charge in [-0.2, -0.15) is 0 Å². The molecule has 0 aliphatic rings. The van der Waals surface area contributed by atoms with Crippen molar-refractivity contribution in [3.05, 3.63) is 59.7 Å². The molecule has 27 heavy (non-hydrogen) atoms. The van der Waals surface area contributed by atoms with Crippen molar-refractivity contribution in [1.82, 2.24) is 9.62 Å². The molecule has 0 fully saturated rings. The van der Waals surface area contributed by atoms with Crippen molar-refractivity contribution < 1.29 is 26.3 Å². The fraction of sp³-hybridized carbons (Fsp3) is 0.333. The van der Waals surface area contributed by atoms with Crippen LogP contribution in [0.5, 0.6) is 5.75 Å². The Morgan fingerprint density at radius 3 is 2.19 bits per heavy atom. The van der Waals surface area contributed by atoms with Gasteiger partial charge in [0, 0.05) is 6.54 Å². The zero-order chi connectivity index (χ0) is 20.2. The van der Waals surface area contributed by atoms with Crippen molar-refractivity contribution in [3.8, 4) is 5.75 Å². The van der Waals surface area contributed by atoms with Gasteiger partial charge in [0.1, 0.15) is 5.75 Å². The standard InChI is InChI=1S/C18H21F3N2O3S/c1-13-6-4-5-7-16(13)17(12-23(2)3)22-27(24,25)15-10-8-14(9-11-15)26-18(19,20)21/h4-11,17,22H,12H2,1-3H3/t17-/m0/s1. The van der Waals surface area contributed by atoms with Gasteiger partial charge in [0.05, 0.1) is 10.9 Å². The van der Waals surface area contributed by atoms with E-state index in [4.69, 9.17) is 0 Å². The number of hydrogen-bond acceptors (Lipinski definition) is 4. The number of nitrogens with zero attached hydrogens (tertiary/aromatic N) is 1. The minimum absolute atomic E-state index is 0.144. The minimum atomic E-state index is -4.83. The summed E-state index contributed by atoms with van der Waals surface area (Å²) in [6.45, 7) is 2.30. The van der Waals surface area contributed by atoms with E-state index in [1.165, 1.54) is 0 Å². The normalized spacial score (nSPS) is 13.6. The predicted octanol–water partition coefficient (Wildman–Crippen LogP) is 3.47. The maximum Gasteiger partial charge on any atom is 0.573 e. The monoisotopic (exact) mass is 402 g/mol. The predicted molar refractivity (Wildman–Crippen MR) is 95.9 cm³/mol. The van der Waals surface area contributed by atoms with E-state index in [2.05, 4.69) is 9.46 Å². The molecule has 5 nitrogen and oxygen atoms in total. The number of nitrogens with one attached hydrogen (secondary N) is 1. The largest absolute Gasteiger partial charge is 0.573 e. The number of sulfonamides is 1. The number of hydrogen-bond donors (Lipinski definition) is 1. The molecule has 1 atom stereocenters. The van der Waals surface area contributed by atoms with Gasteiger partial charge in [0.15, 0.2) is 0 Å². The van der Waals surface area contributed by atoms with E-state index >= 15 is 0 Å². The molecule has 0 saturated carbocycles. The summed E-state index contributed by atoms with van der Waals surface area (Å²) in [5, 5.41) is 0. The first kappa shape index (κ1) is 21.2. The molecule has 0 aliphatic heterocycles. The molecule has 148 valence electrons. The van der Waals surface area contributed by atoms with Gasteiger partial charge < -0.3 is 9.64 Å². The van der Waals surface area contributed by atoms with Crippen molar-refractivity contribution >= 4 is 10.0 Å². The van der Waals surface area contributed by atoms with Crippen LogP contribution in [-0.2, 0) is 10.0 Å². The molecule has 0 aliphatic carbocycles. The van der Waals surface area contributed by atoms with Crippen molar-refractivity contribution in [2.24, 2.45) is 0 Å². The lowest BCUT2D eigenvalue weighted by Crippen LogP contribution is -2.35. The maximum atomic E-state index is 12.7. The molecule has 9 heteroatoms. The highest BCUT2D eigenvalue weighted by Gasteiger charge is 2.31. The van der Waals surface area contributed by atoms with Gasteiger partial charge in [-0.25, -0.2) is 13.1 Å². The molecule has 0 unspecified atom stereocenters. The number of likely N-dealkylation sites (N-methyl/N-ethyl adjacent to an activating group) is 1. The SMILES string of the molecule is Cc1ccccc1[C@H](CN(C)C)NS(=O)(=O)c1ccc(OC(F)(F)F)cc1. The lowest BCUT2D eigenvalue weighted by Gasteiger charge is -2.24. The molecule has 0 heterocycles. The summed E-state index contributed by atoms with van der Waals surface area (Å²) < 4.78 is 68.5. The lowest BCUT2D eigenvalue weighted by atomic mass is 10.0. The Morgan fingerprint density at radius 1 is 1.07 bits per heavy atom. The smallest absolute Gasteiger partial charge is 0.406 e. The first-order valence-electron chi connectivity index (χ1n) is 8.06. The van der Waals surface area contributed by atoms with Crippen LogP contribution in [0.2, 0.25) is 0 Å². The van der Waals surface area contributed by atoms with E-state index in [1.807, 2.05) is 50.2 Å². The van der Waals surface area contributed by atoms with Crippen molar-refractivity contribution in [2.45, 2.75) is 24.2 Å². The molecule has 0 saturated heterocycles. The fourth-order valence-electron chi connectivity index (χ4n) is 2.62. The molecule has 2 aromatic carbocycles. The first-order valence-corrected chi connectivity index (χ1v) is 9.54. The second kappa shape index (κ2) is 8.28. The molecule has 0 aromatic heterocycles. The molecule has 0 spiro atoms. The summed E-state index contributed by atoms with van der Waals surface area (Å²) in [6, 6.07) is 11.0. The molecule has 0 radical (unpaired) electrons. The van der Waals surface area contributed by atoms with E-state index in [-0.39, 0.29) is 4.90 Å². The van der Waals surface area contributed by atoms with Crippen LogP contribution in [0.4, 0.5) is 13.2 Å². The Kier molecular flexibility index (Phi) is 6.50. The average Bonchev–Trinajstić information content (AvgIpc) is 2.53. The summed E-state index contributed by atoms with van der Waals surface area (Å²) >= 11 is 0. The van der Waals surface area contributed by atoms with Gasteiger partial charge in [0.25, 0.3) is 0 Å². The number of ether oxygens (including phenoxy) is 1. The zero-order valence-corrected chi connectivity index (χ0v) is 15.9. The Hall–Kier alpha value is -2.10. The number of rotatable bonds is 7. The van der Waals surface area contributed by atoms with E-state index in [0.717, 1.165) is 35.4 Å². The van der Waals surface area contributed by atoms with Crippen LogP contribution in [0.1, 0.15) is 17.2 Å². The Morgan fingerprint density at radius 2 is 1.67 bits per heavy atom. The van der Waals surface area contributed by atoms with Crippen LogP contribution in [0, 0.1) is 6.92 Å². The van der Waals surface area contributed by atoms with Crippen LogP contribution in [0.25, 0.3) is 0 Å². The van der Waals surface area contributed by atoms with E-state index in [0.29, 0.717) is 6.54 Å². The third-order valence-electron chi connectivity index (χ3n) is 3.78. The quantitative estimate of drug-likeness (QED) is 0.771. The molecule has 1 N–H and O–H groups in total. The molecule has 2 aromatic rings. The van der Waals surface area contributed by atoms with Gasteiger partial charge >= 0.3 is 6.36 Å². The van der Waals surface area contributed by atoms with Crippen molar-refractivity contribution in [1.29, 1.82) is 0 Å².